The number of likely N-dealkylation sites (N-methyl/N-ethyl adjacent to an activating group) is 1. The molecular weight excluding hydrogens is 250 g/mol. The van der Waals surface area contributed by atoms with E-state index in [1.54, 1.807) is 0 Å². The molecule has 1 heterocycles. The molecular formula is C16H29N3O. The molecule has 1 fully saturated rings. The Kier molecular flexibility index (Phi) is 5.22. The molecule has 0 spiro atoms. The van der Waals surface area contributed by atoms with Crippen molar-refractivity contribution < 1.29 is 4.74 Å². The summed E-state index contributed by atoms with van der Waals surface area (Å²) in [6, 6.07) is 0.244. The number of nitrogens with zero attached hydrogens (tertiary/aromatic N) is 2. The lowest BCUT2D eigenvalue weighted by atomic mass is 9.73. The molecule has 4 nitrogen and oxygen atoms in total. The molecule has 0 bridgehead atoms. The molecule has 0 radical (unpaired) electrons. The van der Waals surface area contributed by atoms with Crippen molar-refractivity contribution in [1.29, 1.82) is 0 Å². The van der Waals surface area contributed by atoms with E-state index >= 15 is 0 Å². The third kappa shape index (κ3) is 3.23. The highest BCUT2D eigenvalue weighted by Crippen LogP contribution is 2.43. The zero-order valence-corrected chi connectivity index (χ0v) is 13.4. The highest BCUT2D eigenvalue weighted by Gasteiger charge is 2.42. The summed E-state index contributed by atoms with van der Waals surface area (Å²) in [5.74, 6) is 0.819. The van der Waals surface area contributed by atoms with Crippen molar-refractivity contribution in [2.45, 2.75) is 58.1 Å². The Morgan fingerprint density at radius 3 is 2.65 bits per heavy atom. The molecule has 2 rings (SSSR count). The maximum Gasteiger partial charge on any atom is 0.0877 e. The van der Waals surface area contributed by atoms with Crippen LogP contribution in [-0.2, 0) is 11.8 Å². The predicted molar refractivity (Wildman–Crippen MR) is 81.6 cm³/mol. The van der Waals surface area contributed by atoms with Crippen LogP contribution in [0.3, 0.4) is 0 Å². The highest BCUT2D eigenvalue weighted by atomic mass is 16.5. The minimum absolute atomic E-state index is 0.0691. The van der Waals surface area contributed by atoms with Crippen LogP contribution in [0.25, 0.3) is 0 Å². The van der Waals surface area contributed by atoms with Crippen LogP contribution in [-0.4, -0.2) is 28.5 Å². The van der Waals surface area contributed by atoms with Gasteiger partial charge in [0.05, 0.1) is 17.8 Å². The zero-order valence-electron chi connectivity index (χ0n) is 13.4. The summed E-state index contributed by atoms with van der Waals surface area (Å²) in [6.07, 6.45) is 8.87. The Balaban J connectivity index is 2.27. The summed E-state index contributed by atoms with van der Waals surface area (Å²) in [6.45, 7) is 8.34. The Bertz CT molecular complexity index is 408. The van der Waals surface area contributed by atoms with Crippen molar-refractivity contribution >= 4 is 0 Å². The summed E-state index contributed by atoms with van der Waals surface area (Å²) in [5, 5.41) is 7.99. The van der Waals surface area contributed by atoms with E-state index in [0.717, 1.165) is 31.9 Å². The molecule has 1 aromatic heterocycles. The number of nitrogens with one attached hydrogen (secondary N) is 1. The second kappa shape index (κ2) is 6.72. The van der Waals surface area contributed by atoms with Gasteiger partial charge in [0.25, 0.3) is 0 Å². The smallest absolute Gasteiger partial charge is 0.0877 e. The highest BCUT2D eigenvalue weighted by molar-refractivity contribution is 5.17. The molecule has 1 aliphatic carbocycles. The molecule has 0 aromatic carbocycles. The summed E-state index contributed by atoms with van der Waals surface area (Å²) in [4.78, 5) is 0. The predicted octanol–water partition coefficient (Wildman–Crippen LogP) is 3.06. The van der Waals surface area contributed by atoms with Crippen molar-refractivity contribution in [3.8, 4) is 0 Å². The van der Waals surface area contributed by atoms with E-state index in [4.69, 9.17) is 4.74 Å². The average molecular weight is 279 g/mol. The van der Waals surface area contributed by atoms with Gasteiger partial charge in [0.1, 0.15) is 0 Å². The molecule has 1 aliphatic rings. The van der Waals surface area contributed by atoms with Crippen molar-refractivity contribution in [2.24, 2.45) is 13.0 Å². The third-order valence-electron chi connectivity index (χ3n) is 4.54. The second-order valence-electron chi connectivity index (χ2n) is 6.12. The average Bonchev–Trinajstić information content (AvgIpc) is 2.85. The van der Waals surface area contributed by atoms with Gasteiger partial charge in [-0.05, 0) is 45.1 Å². The van der Waals surface area contributed by atoms with E-state index in [1.165, 1.54) is 18.4 Å². The van der Waals surface area contributed by atoms with Crippen molar-refractivity contribution in [3.63, 3.8) is 0 Å². The Hall–Kier alpha value is -0.870. The number of hydrogen-bond donors (Lipinski definition) is 1. The minimum atomic E-state index is -0.0691. The normalized spacial score (nSPS) is 28.5. The Morgan fingerprint density at radius 1 is 1.45 bits per heavy atom. The van der Waals surface area contributed by atoms with Gasteiger partial charge in [0, 0.05) is 25.4 Å². The molecule has 1 saturated carbocycles. The van der Waals surface area contributed by atoms with Gasteiger partial charge in [-0.2, -0.15) is 5.10 Å². The van der Waals surface area contributed by atoms with E-state index < -0.39 is 0 Å². The maximum atomic E-state index is 6.30. The Morgan fingerprint density at radius 2 is 2.15 bits per heavy atom. The van der Waals surface area contributed by atoms with Crippen LogP contribution in [0.15, 0.2) is 12.4 Å². The SMILES string of the molecule is CCNC(c1cnn(C)c1)C1(OCC)CCC(C)CC1. The van der Waals surface area contributed by atoms with Gasteiger partial charge < -0.3 is 10.1 Å². The van der Waals surface area contributed by atoms with Crippen LogP contribution >= 0.6 is 0 Å². The Labute approximate surface area is 122 Å². The van der Waals surface area contributed by atoms with Gasteiger partial charge in [-0.3, -0.25) is 4.68 Å². The summed E-state index contributed by atoms with van der Waals surface area (Å²) >= 11 is 0. The summed E-state index contributed by atoms with van der Waals surface area (Å²) in [5.41, 5.74) is 1.18. The topological polar surface area (TPSA) is 39.1 Å². The summed E-state index contributed by atoms with van der Waals surface area (Å²) in [7, 11) is 1.98. The van der Waals surface area contributed by atoms with Gasteiger partial charge in [0.15, 0.2) is 0 Å². The first-order valence-corrected chi connectivity index (χ1v) is 7.97. The van der Waals surface area contributed by atoms with Gasteiger partial charge in [-0.25, -0.2) is 0 Å². The molecule has 4 heteroatoms. The monoisotopic (exact) mass is 279 g/mol. The molecule has 0 saturated heterocycles. The van der Waals surface area contributed by atoms with E-state index in [0.29, 0.717) is 0 Å². The first kappa shape index (κ1) is 15.5. The van der Waals surface area contributed by atoms with Crippen LogP contribution in [0.4, 0.5) is 0 Å². The molecule has 20 heavy (non-hydrogen) atoms. The van der Waals surface area contributed by atoms with E-state index in [-0.39, 0.29) is 11.6 Å². The summed E-state index contributed by atoms with van der Waals surface area (Å²) < 4.78 is 8.18. The largest absolute Gasteiger partial charge is 0.373 e. The molecule has 1 atom stereocenters. The first-order valence-electron chi connectivity index (χ1n) is 7.97. The lowest BCUT2D eigenvalue weighted by molar-refractivity contribution is -0.0973. The number of aromatic nitrogens is 2. The fraction of sp³-hybridized carbons (Fsp3) is 0.812. The molecule has 1 unspecified atom stereocenters. The third-order valence-corrected chi connectivity index (χ3v) is 4.54. The van der Waals surface area contributed by atoms with Crippen LogP contribution < -0.4 is 5.32 Å². The van der Waals surface area contributed by atoms with Gasteiger partial charge in [0.2, 0.25) is 0 Å². The molecule has 114 valence electrons. The van der Waals surface area contributed by atoms with Crippen LogP contribution in [0, 0.1) is 5.92 Å². The van der Waals surface area contributed by atoms with Crippen LogP contribution in [0.5, 0.6) is 0 Å². The van der Waals surface area contributed by atoms with Gasteiger partial charge in [-0.1, -0.05) is 13.8 Å². The van der Waals surface area contributed by atoms with E-state index in [1.807, 2.05) is 17.9 Å². The van der Waals surface area contributed by atoms with Crippen molar-refractivity contribution in [1.82, 2.24) is 15.1 Å². The number of rotatable bonds is 6. The second-order valence-corrected chi connectivity index (χ2v) is 6.12. The van der Waals surface area contributed by atoms with Crippen LogP contribution in [0.2, 0.25) is 0 Å². The zero-order chi connectivity index (χ0) is 14.6. The van der Waals surface area contributed by atoms with E-state index in [2.05, 4.69) is 37.4 Å². The maximum absolute atomic E-state index is 6.30. The lowest BCUT2D eigenvalue weighted by Crippen LogP contribution is -2.48. The van der Waals surface area contributed by atoms with Crippen molar-refractivity contribution in [3.05, 3.63) is 18.0 Å². The first-order chi connectivity index (χ1) is 9.61. The number of hydrogen-bond acceptors (Lipinski definition) is 3. The standard InChI is InChI=1S/C16H29N3O/c1-5-17-15(14-11-18-19(4)12-14)16(20-6-2)9-7-13(3)8-10-16/h11-13,15,17H,5-10H2,1-4H3. The lowest BCUT2D eigenvalue weighted by Gasteiger charge is -2.44. The molecule has 0 amide bonds. The minimum Gasteiger partial charge on any atom is -0.373 e. The number of ether oxygens (including phenoxy) is 1. The fourth-order valence-corrected chi connectivity index (χ4v) is 3.46. The molecule has 0 aliphatic heterocycles. The fourth-order valence-electron chi connectivity index (χ4n) is 3.46. The van der Waals surface area contributed by atoms with Crippen LogP contribution in [0.1, 0.15) is 58.1 Å². The van der Waals surface area contributed by atoms with Gasteiger partial charge in [-0.15, -0.1) is 0 Å². The van der Waals surface area contributed by atoms with Gasteiger partial charge >= 0.3 is 0 Å². The molecule has 1 aromatic rings. The molecule has 1 N–H and O–H groups in total. The number of aryl methyl sites for hydroxylation is 1. The van der Waals surface area contributed by atoms with Crippen molar-refractivity contribution in [2.75, 3.05) is 13.2 Å². The van der Waals surface area contributed by atoms with E-state index in [9.17, 15) is 0 Å². The quantitative estimate of drug-likeness (QED) is 0.870.